The third kappa shape index (κ3) is 6.20. The van der Waals surface area contributed by atoms with Gasteiger partial charge < -0.3 is 14.7 Å². The maximum absolute atomic E-state index is 12.8. The lowest BCUT2D eigenvalue weighted by atomic mass is 9.69. The molecule has 0 heterocycles. The number of sulfonamides is 1. The van der Waals surface area contributed by atoms with Gasteiger partial charge in [-0.05, 0) is 68.8 Å². The second-order valence-corrected chi connectivity index (χ2v) is 10.8. The molecule has 1 aliphatic carbocycles. The fourth-order valence-electron chi connectivity index (χ4n) is 4.44. The molecule has 2 aromatic rings. The van der Waals surface area contributed by atoms with Crippen LogP contribution in [0, 0.1) is 5.92 Å². The lowest BCUT2D eigenvalue weighted by Gasteiger charge is -2.44. The highest BCUT2D eigenvalue weighted by atomic mass is 35.5. The summed E-state index contributed by atoms with van der Waals surface area (Å²) < 4.78 is 33.7. The lowest BCUT2D eigenvalue weighted by molar-refractivity contribution is -0.0675. The normalized spacial score (nSPS) is 24.3. The number of aliphatic hydroxyl groups is 1. The van der Waals surface area contributed by atoms with E-state index >= 15 is 0 Å². The molecule has 6 nitrogen and oxygen atoms in total. The van der Waals surface area contributed by atoms with Crippen molar-refractivity contribution < 1.29 is 18.3 Å². The van der Waals surface area contributed by atoms with Gasteiger partial charge >= 0.3 is 0 Å². The first kappa shape index (κ1) is 24.0. The summed E-state index contributed by atoms with van der Waals surface area (Å²) in [7, 11) is 1.98. The maximum atomic E-state index is 12.8. The quantitative estimate of drug-likeness (QED) is 0.623. The van der Waals surface area contributed by atoms with Crippen LogP contribution in [0.5, 0.6) is 5.75 Å². The van der Waals surface area contributed by atoms with Crippen LogP contribution < -0.4 is 9.46 Å². The summed E-state index contributed by atoms with van der Waals surface area (Å²) in [4.78, 5) is 2.03. The highest BCUT2D eigenvalue weighted by Gasteiger charge is 2.44. The zero-order chi connectivity index (χ0) is 22.6. The summed E-state index contributed by atoms with van der Waals surface area (Å²) in [6.45, 7) is 0.639. The maximum Gasteiger partial charge on any atom is 0.216 e. The fourth-order valence-corrected chi connectivity index (χ4v) is 6.08. The zero-order valence-electron chi connectivity index (χ0n) is 18.2. The van der Waals surface area contributed by atoms with Gasteiger partial charge in [0.05, 0.1) is 18.5 Å². The number of nitrogens with zero attached hydrogens (tertiary/aromatic N) is 1. The van der Waals surface area contributed by atoms with Crippen LogP contribution in [-0.4, -0.2) is 52.2 Å². The summed E-state index contributed by atoms with van der Waals surface area (Å²) in [6, 6.07) is 14.1. The van der Waals surface area contributed by atoms with Crippen LogP contribution in [0.25, 0.3) is 0 Å². The van der Waals surface area contributed by atoms with Crippen LogP contribution in [0.3, 0.4) is 0 Å². The van der Waals surface area contributed by atoms with Gasteiger partial charge in [-0.1, -0.05) is 35.9 Å². The Morgan fingerprint density at radius 3 is 2.65 bits per heavy atom. The summed E-state index contributed by atoms with van der Waals surface area (Å²) in [5, 5.41) is 12.2. The molecule has 2 N–H and O–H groups in total. The average molecular weight is 467 g/mol. The lowest BCUT2D eigenvalue weighted by Crippen LogP contribution is -2.50. The van der Waals surface area contributed by atoms with Gasteiger partial charge in [-0.2, -0.15) is 0 Å². The first-order valence-electron chi connectivity index (χ1n) is 10.4. The minimum Gasteiger partial charge on any atom is -0.497 e. The Balaban J connectivity index is 1.77. The van der Waals surface area contributed by atoms with Gasteiger partial charge in [0.1, 0.15) is 5.75 Å². The summed E-state index contributed by atoms with van der Waals surface area (Å²) >= 11 is 5.99. The van der Waals surface area contributed by atoms with E-state index in [1.807, 2.05) is 43.3 Å². The molecule has 0 amide bonds. The minimum absolute atomic E-state index is 0.122. The molecule has 0 bridgehead atoms. The molecule has 31 heavy (non-hydrogen) atoms. The number of halogens is 1. The van der Waals surface area contributed by atoms with Crippen molar-refractivity contribution in [2.75, 3.05) is 27.7 Å². The van der Waals surface area contributed by atoms with Crippen molar-refractivity contribution in [1.82, 2.24) is 9.62 Å². The molecule has 170 valence electrons. The van der Waals surface area contributed by atoms with Crippen LogP contribution >= 0.6 is 11.6 Å². The van der Waals surface area contributed by atoms with Crippen LogP contribution in [0.15, 0.2) is 48.5 Å². The highest BCUT2D eigenvalue weighted by molar-refractivity contribution is 7.88. The molecule has 1 aliphatic rings. The Hall–Kier alpha value is -1.64. The van der Waals surface area contributed by atoms with Crippen molar-refractivity contribution in [3.63, 3.8) is 0 Å². The van der Waals surface area contributed by atoms with Crippen molar-refractivity contribution in [1.29, 1.82) is 0 Å². The van der Waals surface area contributed by atoms with Crippen LogP contribution in [0.2, 0.25) is 5.02 Å². The molecule has 3 rings (SSSR count). The largest absolute Gasteiger partial charge is 0.497 e. The van der Waals surface area contributed by atoms with Gasteiger partial charge in [0.2, 0.25) is 10.0 Å². The summed E-state index contributed by atoms with van der Waals surface area (Å²) in [5.41, 5.74) is 0.403. The molecule has 0 radical (unpaired) electrons. The van der Waals surface area contributed by atoms with E-state index < -0.39 is 15.6 Å². The third-order valence-corrected chi connectivity index (χ3v) is 7.51. The van der Waals surface area contributed by atoms with Crippen LogP contribution in [0.1, 0.15) is 30.4 Å². The van der Waals surface area contributed by atoms with Gasteiger partial charge in [-0.25, -0.2) is 13.1 Å². The standard InChI is InChI=1S/C23H31ClN2O4S/c1-26(2)15-19-13-21(25-31(28,29)16-17-6-4-8-20(24)12-17)10-11-23(19,27)18-7-5-9-22(14-18)30-3/h4-9,12,14,19,21,25,27H,10-11,13,15-16H2,1-3H3. The van der Waals surface area contributed by atoms with E-state index in [0.717, 1.165) is 5.56 Å². The smallest absolute Gasteiger partial charge is 0.216 e. The molecule has 8 heteroatoms. The number of nitrogens with one attached hydrogen (secondary N) is 1. The second kappa shape index (κ2) is 9.88. The van der Waals surface area contributed by atoms with Crippen LogP contribution in [0.4, 0.5) is 0 Å². The number of hydrogen-bond acceptors (Lipinski definition) is 5. The van der Waals surface area contributed by atoms with E-state index in [2.05, 4.69) is 4.72 Å². The Bertz CT molecular complexity index is 999. The summed E-state index contributed by atoms with van der Waals surface area (Å²) in [5.74, 6) is 0.434. The van der Waals surface area contributed by atoms with E-state index in [-0.39, 0.29) is 17.7 Å². The van der Waals surface area contributed by atoms with E-state index in [0.29, 0.717) is 42.1 Å². The molecule has 3 unspecified atom stereocenters. The Morgan fingerprint density at radius 1 is 1.23 bits per heavy atom. The number of rotatable bonds is 8. The Morgan fingerprint density at radius 2 is 1.97 bits per heavy atom. The van der Waals surface area contributed by atoms with Crippen molar-refractivity contribution in [2.24, 2.45) is 5.92 Å². The molecular weight excluding hydrogens is 436 g/mol. The van der Waals surface area contributed by atoms with Gasteiger partial charge in [0.25, 0.3) is 0 Å². The number of hydrogen-bond donors (Lipinski definition) is 2. The van der Waals surface area contributed by atoms with E-state index in [1.165, 1.54) is 0 Å². The monoisotopic (exact) mass is 466 g/mol. The van der Waals surface area contributed by atoms with E-state index in [9.17, 15) is 13.5 Å². The first-order chi connectivity index (χ1) is 14.6. The molecule has 2 aromatic carbocycles. The topological polar surface area (TPSA) is 78.9 Å². The number of methoxy groups -OCH3 is 1. The zero-order valence-corrected chi connectivity index (χ0v) is 19.8. The SMILES string of the molecule is COc1cccc(C2(O)CCC(NS(=O)(=O)Cc3cccc(Cl)c3)CC2CN(C)C)c1. The van der Waals surface area contributed by atoms with Crippen molar-refractivity contribution in [2.45, 2.75) is 36.7 Å². The van der Waals surface area contributed by atoms with Gasteiger partial charge in [-0.15, -0.1) is 0 Å². The molecular formula is C23H31ClN2O4S. The molecule has 0 aromatic heterocycles. The van der Waals surface area contributed by atoms with E-state index in [4.69, 9.17) is 16.3 Å². The average Bonchev–Trinajstić information content (AvgIpc) is 2.69. The third-order valence-electron chi connectivity index (χ3n) is 5.87. The van der Waals surface area contributed by atoms with E-state index in [1.54, 1.807) is 31.4 Å². The van der Waals surface area contributed by atoms with Gasteiger partial charge in [0, 0.05) is 23.5 Å². The molecule has 1 fully saturated rings. The minimum atomic E-state index is -3.54. The summed E-state index contributed by atoms with van der Waals surface area (Å²) in [6.07, 6.45) is 1.55. The predicted octanol–water partition coefficient (Wildman–Crippen LogP) is 3.39. The van der Waals surface area contributed by atoms with Gasteiger partial charge in [-0.3, -0.25) is 0 Å². The second-order valence-electron chi connectivity index (χ2n) is 8.59. The molecule has 1 saturated carbocycles. The Kier molecular flexibility index (Phi) is 7.65. The Labute approximate surface area is 190 Å². The number of ether oxygens (including phenoxy) is 1. The predicted molar refractivity (Wildman–Crippen MR) is 124 cm³/mol. The van der Waals surface area contributed by atoms with Crippen LogP contribution in [-0.2, 0) is 21.4 Å². The molecule has 0 spiro atoms. The molecule has 0 saturated heterocycles. The van der Waals surface area contributed by atoms with Crippen molar-refractivity contribution in [3.8, 4) is 5.75 Å². The number of benzene rings is 2. The highest BCUT2D eigenvalue weighted by Crippen LogP contribution is 2.43. The van der Waals surface area contributed by atoms with Gasteiger partial charge in [0.15, 0.2) is 0 Å². The first-order valence-corrected chi connectivity index (χ1v) is 12.4. The molecule has 0 aliphatic heterocycles. The molecule has 3 atom stereocenters. The van der Waals surface area contributed by atoms with Crippen molar-refractivity contribution in [3.05, 3.63) is 64.7 Å². The fraction of sp³-hybridized carbons (Fsp3) is 0.478. The van der Waals surface area contributed by atoms with Crippen molar-refractivity contribution >= 4 is 21.6 Å².